The van der Waals surface area contributed by atoms with E-state index in [1.54, 1.807) is 42.5 Å². The van der Waals surface area contributed by atoms with Gasteiger partial charge in [-0.1, -0.05) is 56.3 Å². The van der Waals surface area contributed by atoms with Crippen LogP contribution in [0.5, 0.6) is 5.75 Å². The Morgan fingerprint density at radius 1 is 1.00 bits per heavy atom. The van der Waals surface area contributed by atoms with Gasteiger partial charge in [0.15, 0.2) is 0 Å². The molecule has 0 fully saturated rings. The highest BCUT2D eigenvalue weighted by molar-refractivity contribution is 7.92. The summed E-state index contributed by atoms with van der Waals surface area (Å²) in [7, 11) is -4.14. The third-order valence-electron chi connectivity index (χ3n) is 5.12. The molecule has 0 bridgehead atoms. The Hall–Kier alpha value is -3.53. The van der Waals surface area contributed by atoms with E-state index >= 15 is 0 Å². The van der Waals surface area contributed by atoms with Gasteiger partial charge >= 0.3 is 12.1 Å². The molecule has 0 saturated carbocycles. The van der Waals surface area contributed by atoms with Crippen LogP contribution < -0.4 is 9.46 Å². The summed E-state index contributed by atoms with van der Waals surface area (Å²) in [4.78, 5) is 11.0. The number of hydrogen-bond acceptors (Lipinski definition) is 4. The van der Waals surface area contributed by atoms with Crippen LogP contribution in [-0.2, 0) is 34.0 Å². The predicted molar refractivity (Wildman–Crippen MR) is 125 cm³/mol. The van der Waals surface area contributed by atoms with Crippen LogP contribution in [0.2, 0.25) is 0 Å². The molecule has 0 atom stereocenters. The molecular formula is C25H24F3NO5S. The minimum absolute atomic E-state index is 0.0159. The van der Waals surface area contributed by atoms with Crippen molar-refractivity contribution in [3.63, 3.8) is 0 Å². The molecule has 0 aliphatic carbocycles. The normalized spacial score (nSPS) is 11.9. The van der Waals surface area contributed by atoms with E-state index < -0.39 is 27.7 Å². The Morgan fingerprint density at radius 2 is 1.69 bits per heavy atom. The number of carboxylic acids is 1. The summed E-state index contributed by atoms with van der Waals surface area (Å²) in [5, 5.41) is 8.96. The fraction of sp³-hybridized carbons (Fsp3) is 0.240. The second-order valence-electron chi connectivity index (χ2n) is 8.19. The zero-order valence-electron chi connectivity index (χ0n) is 19.0. The van der Waals surface area contributed by atoms with Crippen molar-refractivity contribution in [3.05, 3.63) is 89.0 Å². The van der Waals surface area contributed by atoms with Crippen LogP contribution in [0.1, 0.15) is 42.0 Å². The summed E-state index contributed by atoms with van der Waals surface area (Å²) in [6.45, 7) is 3.46. The molecule has 2 N–H and O–H groups in total. The molecule has 0 unspecified atom stereocenters. The van der Waals surface area contributed by atoms with E-state index in [0.717, 1.165) is 18.2 Å². The van der Waals surface area contributed by atoms with Crippen molar-refractivity contribution in [1.82, 2.24) is 0 Å². The van der Waals surface area contributed by atoms with Gasteiger partial charge in [-0.15, -0.1) is 0 Å². The van der Waals surface area contributed by atoms with Gasteiger partial charge < -0.3 is 9.84 Å². The predicted octanol–water partition coefficient (Wildman–Crippen LogP) is 5.84. The number of carboxylic acid groups (broad SMARTS) is 1. The Morgan fingerprint density at radius 3 is 2.34 bits per heavy atom. The smallest absolute Gasteiger partial charge is 0.416 e. The Balaban J connectivity index is 1.95. The summed E-state index contributed by atoms with van der Waals surface area (Å²) < 4.78 is 74.2. The standard InChI is InChI=1S/C25H24F3NO5S/c1-16(2)20-8-3-4-9-23(20)35(32,33)29-21-11-10-19(25(26,27)28)14-22(21)34-15-18-7-5-6-17(12-18)13-24(30)31/h3-12,14,16,29H,13,15H2,1-2H3,(H,30,31). The largest absolute Gasteiger partial charge is 0.487 e. The van der Waals surface area contributed by atoms with E-state index in [9.17, 15) is 26.4 Å². The highest BCUT2D eigenvalue weighted by Gasteiger charge is 2.32. The third kappa shape index (κ3) is 6.75. The van der Waals surface area contributed by atoms with Gasteiger partial charge in [0.05, 0.1) is 22.6 Å². The lowest BCUT2D eigenvalue weighted by Crippen LogP contribution is -2.17. The van der Waals surface area contributed by atoms with E-state index in [0.29, 0.717) is 16.7 Å². The first-order chi connectivity index (χ1) is 16.4. The molecule has 10 heteroatoms. The van der Waals surface area contributed by atoms with Gasteiger partial charge in [0.2, 0.25) is 0 Å². The van der Waals surface area contributed by atoms with Gasteiger partial charge in [-0.05, 0) is 46.9 Å². The number of hydrogen-bond donors (Lipinski definition) is 2. The average molecular weight is 508 g/mol. The summed E-state index contributed by atoms with van der Waals surface area (Å²) >= 11 is 0. The number of rotatable bonds is 9. The van der Waals surface area contributed by atoms with E-state index in [2.05, 4.69) is 4.72 Å². The monoisotopic (exact) mass is 507 g/mol. The second kappa shape index (κ2) is 10.4. The van der Waals surface area contributed by atoms with Crippen LogP contribution in [0.15, 0.2) is 71.6 Å². The van der Waals surface area contributed by atoms with Gasteiger partial charge in [0.1, 0.15) is 12.4 Å². The van der Waals surface area contributed by atoms with Crippen LogP contribution in [-0.4, -0.2) is 19.5 Å². The molecule has 6 nitrogen and oxygen atoms in total. The van der Waals surface area contributed by atoms with Crippen molar-refractivity contribution in [2.24, 2.45) is 0 Å². The van der Waals surface area contributed by atoms with Crippen LogP contribution in [0, 0.1) is 0 Å². The van der Waals surface area contributed by atoms with Crippen LogP contribution >= 0.6 is 0 Å². The highest BCUT2D eigenvalue weighted by Crippen LogP contribution is 2.37. The molecular weight excluding hydrogens is 483 g/mol. The van der Waals surface area contributed by atoms with E-state index in [4.69, 9.17) is 9.84 Å². The summed E-state index contributed by atoms with van der Waals surface area (Å²) in [6.07, 6.45) is -4.89. The van der Waals surface area contributed by atoms with Crippen molar-refractivity contribution < 1.29 is 36.2 Å². The van der Waals surface area contributed by atoms with Crippen molar-refractivity contribution in [1.29, 1.82) is 0 Å². The number of aliphatic carboxylic acids is 1. The quantitative estimate of drug-likeness (QED) is 0.380. The topological polar surface area (TPSA) is 92.7 Å². The SMILES string of the molecule is CC(C)c1ccccc1S(=O)(=O)Nc1ccc(C(F)(F)F)cc1OCc1cccc(CC(=O)O)c1. The molecule has 3 aromatic rings. The van der Waals surface area contributed by atoms with Crippen molar-refractivity contribution in [3.8, 4) is 5.75 Å². The minimum Gasteiger partial charge on any atom is -0.487 e. The lowest BCUT2D eigenvalue weighted by atomic mass is 10.0. The molecule has 0 heterocycles. The van der Waals surface area contributed by atoms with Crippen LogP contribution in [0.3, 0.4) is 0 Å². The van der Waals surface area contributed by atoms with Crippen LogP contribution in [0.25, 0.3) is 0 Å². The first-order valence-corrected chi connectivity index (χ1v) is 12.1. The molecule has 0 aliphatic rings. The third-order valence-corrected chi connectivity index (χ3v) is 6.56. The first kappa shape index (κ1) is 26.1. The number of carbonyl (C=O) groups is 1. The number of nitrogens with one attached hydrogen (secondary N) is 1. The number of anilines is 1. The minimum atomic E-state index is -4.67. The first-order valence-electron chi connectivity index (χ1n) is 10.6. The maximum absolute atomic E-state index is 13.3. The zero-order chi connectivity index (χ0) is 25.8. The molecule has 0 saturated heterocycles. The van der Waals surface area contributed by atoms with Gasteiger partial charge in [0.25, 0.3) is 10.0 Å². The number of sulfonamides is 1. The summed E-state index contributed by atoms with van der Waals surface area (Å²) in [5.41, 5.74) is 0.412. The number of alkyl halides is 3. The van der Waals surface area contributed by atoms with Gasteiger partial charge in [-0.25, -0.2) is 8.42 Å². The molecule has 0 aliphatic heterocycles. The molecule has 0 aromatic heterocycles. The number of halogens is 3. The van der Waals surface area contributed by atoms with Gasteiger partial charge in [-0.2, -0.15) is 13.2 Å². The second-order valence-corrected chi connectivity index (χ2v) is 9.84. The average Bonchev–Trinajstić information content (AvgIpc) is 2.77. The van der Waals surface area contributed by atoms with Crippen molar-refractivity contribution in [2.45, 2.75) is 43.9 Å². The maximum Gasteiger partial charge on any atom is 0.416 e. The lowest BCUT2D eigenvalue weighted by molar-refractivity contribution is -0.138. The molecule has 0 radical (unpaired) electrons. The van der Waals surface area contributed by atoms with Crippen molar-refractivity contribution in [2.75, 3.05) is 4.72 Å². The molecule has 0 amide bonds. The fourth-order valence-electron chi connectivity index (χ4n) is 3.47. The lowest BCUT2D eigenvalue weighted by Gasteiger charge is -2.18. The number of benzene rings is 3. The summed E-state index contributed by atoms with van der Waals surface area (Å²) in [6, 6.07) is 15.3. The van der Waals surface area contributed by atoms with Gasteiger partial charge in [0, 0.05) is 0 Å². The zero-order valence-corrected chi connectivity index (χ0v) is 19.8. The Bertz CT molecular complexity index is 1320. The molecule has 3 rings (SSSR count). The Kier molecular flexibility index (Phi) is 7.74. The number of ether oxygens (including phenoxy) is 1. The molecule has 186 valence electrons. The summed E-state index contributed by atoms with van der Waals surface area (Å²) in [5.74, 6) is -1.45. The molecule has 0 spiro atoms. The van der Waals surface area contributed by atoms with E-state index in [-0.39, 0.29) is 35.3 Å². The highest BCUT2D eigenvalue weighted by atomic mass is 32.2. The molecule has 35 heavy (non-hydrogen) atoms. The fourth-order valence-corrected chi connectivity index (χ4v) is 4.91. The van der Waals surface area contributed by atoms with E-state index in [1.165, 1.54) is 6.07 Å². The Labute approximate surface area is 201 Å². The van der Waals surface area contributed by atoms with Crippen molar-refractivity contribution >= 4 is 21.7 Å². The maximum atomic E-state index is 13.3. The van der Waals surface area contributed by atoms with Gasteiger partial charge in [-0.3, -0.25) is 9.52 Å². The van der Waals surface area contributed by atoms with E-state index in [1.807, 2.05) is 13.8 Å². The van der Waals surface area contributed by atoms with Crippen LogP contribution in [0.4, 0.5) is 18.9 Å². The molecule has 3 aromatic carbocycles.